The standard InChI is InChI=1S/C37H46FN5O8/c1-23-19-43(24(2)21-44)35(45)30-17-28(40-36(46)39-27-10-8-26(38)9-11-27)12-14-31(30)51-25(3)7-5-6-16-48-34(23)20-42(4)37(47)41-29-13-15-32-33(18-29)50-22-49-32/h8-15,17-18,23-25,34,44H,5-7,16,19-22H2,1-4H3,(H,41,47)(H2,39,40,46)/t23-,24+,25-,34+/m0/s1. The summed E-state index contributed by atoms with van der Waals surface area (Å²) in [6, 6.07) is 13.9. The van der Waals surface area contributed by atoms with Crippen LogP contribution in [0.3, 0.4) is 0 Å². The summed E-state index contributed by atoms with van der Waals surface area (Å²) in [6.45, 7) is 6.33. The van der Waals surface area contributed by atoms with Gasteiger partial charge in [-0.25, -0.2) is 14.0 Å². The van der Waals surface area contributed by atoms with Crippen molar-refractivity contribution in [2.24, 2.45) is 5.92 Å². The summed E-state index contributed by atoms with van der Waals surface area (Å²) in [5, 5.41) is 18.5. The molecule has 5 amide bonds. The molecule has 0 radical (unpaired) electrons. The lowest BCUT2D eigenvalue weighted by molar-refractivity contribution is -0.0115. The van der Waals surface area contributed by atoms with Gasteiger partial charge >= 0.3 is 12.1 Å². The average molecular weight is 708 g/mol. The van der Waals surface area contributed by atoms with Gasteiger partial charge in [0.05, 0.1) is 30.4 Å². The van der Waals surface area contributed by atoms with Gasteiger partial charge in [-0.15, -0.1) is 0 Å². The lowest BCUT2D eigenvalue weighted by Gasteiger charge is -2.35. The van der Waals surface area contributed by atoms with Gasteiger partial charge in [0.1, 0.15) is 11.6 Å². The first-order chi connectivity index (χ1) is 24.5. The zero-order valence-corrected chi connectivity index (χ0v) is 29.3. The van der Waals surface area contributed by atoms with E-state index in [-0.39, 0.29) is 50.1 Å². The van der Waals surface area contributed by atoms with Gasteiger partial charge in [0.15, 0.2) is 11.5 Å². The predicted octanol–water partition coefficient (Wildman–Crippen LogP) is 6.16. The number of hydrogen-bond acceptors (Lipinski definition) is 8. The van der Waals surface area contributed by atoms with Crippen LogP contribution in [-0.4, -0.2) is 91.3 Å². The van der Waals surface area contributed by atoms with Crippen LogP contribution in [0.15, 0.2) is 60.7 Å². The van der Waals surface area contributed by atoms with E-state index in [1.807, 2.05) is 13.8 Å². The van der Waals surface area contributed by atoms with Crippen LogP contribution in [-0.2, 0) is 4.74 Å². The summed E-state index contributed by atoms with van der Waals surface area (Å²) in [7, 11) is 1.68. The van der Waals surface area contributed by atoms with Gasteiger partial charge in [0.2, 0.25) is 6.79 Å². The molecule has 4 atom stereocenters. The number of benzene rings is 3. The van der Waals surface area contributed by atoms with E-state index in [0.29, 0.717) is 47.3 Å². The highest BCUT2D eigenvalue weighted by Gasteiger charge is 2.31. The van der Waals surface area contributed by atoms with E-state index in [9.17, 15) is 23.9 Å². The number of nitrogens with zero attached hydrogens (tertiary/aromatic N) is 2. The number of carbonyl (C=O) groups excluding carboxylic acids is 3. The van der Waals surface area contributed by atoms with Crippen molar-refractivity contribution < 1.29 is 42.8 Å². The summed E-state index contributed by atoms with van der Waals surface area (Å²) in [5.74, 6) is 0.422. The molecule has 0 fully saturated rings. The van der Waals surface area contributed by atoms with Crippen LogP contribution in [0, 0.1) is 11.7 Å². The molecule has 3 aromatic rings. The molecule has 0 saturated heterocycles. The number of fused-ring (bicyclic) bond motifs is 2. The van der Waals surface area contributed by atoms with Crippen molar-refractivity contribution in [3.05, 3.63) is 72.0 Å². The number of carbonyl (C=O) groups is 3. The molecular weight excluding hydrogens is 661 g/mol. The molecule has 0 saturated carbocycles. The molecule has 51 heavy (non-hydrogen) atoms. The minimum atomic E-state index is -0.579. The van der Waals surface area contributed by atoms with Crippen LogP contribution in [0.1, 0.15) is 50.4 Å². The van der Waals surface area contributed by atoms with Crippen LogP contribution >= 0.6 is 0 Å². The number of nitrogens with one attached hydrogen (secondary N) is 3. The highest BCUT2D eigenvalue weighted by molar-refractivity contribution is 6.02. The third kappa shape index (κ3) is 10.0. The normalized spacial score (nSPS) is 19.9. The molecule has 5 rings (SSSR count). The van der Waals surface area contributed by atoms with Gasteiger partial charge in [-0.2, -0.15) is 0 Å². The lowest BCUT2D eigenvalue weighted by atomic mass is 10.0. The second-order valence-electron chi connectivity index (χ2n) is 13.0. The molecule has 2 aliphatic heterocycles. The summed E-state index contributed by atoms with van der Waals surface area (Å²) in [6.07, 6.45) is 1.59. The molecule has 0 spiro atoms. The number of aliphatic hydroxyl groups is 1. The van der Waals surface area contributed by atoms with Crippen LogP contribution in [0.5, 0.6) is 17.2 Å². The molecule has 13 nitrogen and oxygen atoms in total. The smallest absolute Gasteiger partial charge is 0.323 e. The summed E-state index contributed by atoms with van der Waals surface area (Å²) >= 11 is 0. The van der Waals surface area contributed by atoms with Crippen LogP contribution in [0.25, 0.3) is 0 Å². The molecule has 3 aromatic carbocycles. The Bertz CT molecular complexity index is 1680. The Morgan fingerprint density at radius 3 is 2.35 bits per heavy atom. The minimum Gasteiger partial charge on any atom is -0.490 e. The van der Waals surface area contributed by atoms with Crippen molar-refractivity contribution in [1.29, 1.82) is 0 Å². The molecule has 14 heteroatoms. The molecule has 2 aliphatic rings. The maximum Gasteiger partial charge on any atom is 0.323 e. The van der Waals surface area contributed by atoms with E-state index in [0.717, 1.165) is 12.8 Å². The monoisotopic (exact) mass is 707 g/mol. The van der Waals surface area contributed by atoms with Crippen molar-refractivity contribution in [3.8, 4) is 17.2 Å². The Hall–Kier alpha value is -5.08. The van der Waals surface area contributed by atoms with Crippen LogP contribution in [0.2, 0.25) is 0 Å². The van der Waals surface area contributed by atoms with E-state index < -0.39 is 29.9 Å². The van der Waals surface area contributed by atoms with Gasteiger partial charge in [-0.3, -0.25) is 4.79 Å². The zero-order chi connectivity index (χ0) is 36.5. The molecule has 274 valence electrons. The number of hydrogen-bond donors (Lipinski definition) is 4. The number of rotatable bonds is 7. The Morgan fingerprint density at radius 2 is 1.61 bits per heavy atom. The molecule has 4 N–H and O–H groups in total. The van der Waals surface area contributed by atoms with E-state index in [1.54, 1.807) is 55.3 Å². The SMILES string of the molecule is C[C@H](CO)N1C[C@H](C)[C@@H](CN(C)C(=O)Nc2ccc3c(c2)OCO3)OCCCC[C@H](C)Oc2ccc(NC(=O)Nc3ccc(F)cc3)cc2C1=O. The lowest BCUT2D eigenvalue weighted by Crippen LogP contribution is -2.48. The topological polar surface area (TPSA) is 151 Å². The molecule has 0 aliphatic carbocycles. The molecule has 0 unspecified atom stereocenters. The molecular formula is C37H46FN5O8. The Kier molecular flexibility index (Phi) is 12.6. The maximum atomic E-state index is 14.4. The number of likely N-dealkylation sites (N-methyl/N-ethyl adjacent to an activating group) is 1. The third-order valence-corrected chi connectivity index (χ3v) is 8.84. The first-order valence-corrected chi connectivity index (χ1v) is 17.1. The summed E-state index contributed by atoms with van der Waals surface area (Å²) in [5.41, 5.74) is 1.50. The van der Waals surface area contributed by atoms with E-state index in [2.05, 4.69) is 16.0 Å². The molecule has 2 heterocycles. The fourth-order valence-electron chi connectivity index (χ4n) is 5.84. The average Bonchev–Trinajstić information content (AvgIpc) is 3.58. The maximum absolute atomic E-state index is 14.4. The molecule has 0 bridgehead atoms. The first kappa shape index (κ1) is 37.2. The van der Waals surface area contributed by atoms with Gasteiger partial charge in [-0.1, -0.05) is 6.92 Å². The number of ether oxygens (including phenoxy) is 4. The first-order valence-electron chi connectivity index (χ1n) is 17.1. The fraction of sp³-hybridized carbons (Fsp3) is 0.432. The second kappa shape index (κ2) is 17.2. The van der Waals surface area contributed by atoms with Crippen molar-refractivity contribution in [3.63, 3.8) is 0 Å². The Labute approximate surface area is 297 Å². The van der Waals surface area contributed by atoms with Gasteiger partial charge in [0, 0.05) is 55.8 Å². The Morgan fingerprint density at radius 1 is 0.941 bits per heavy atom. The van der Waals surface area contributed by atoms with Crippen molar-refractivity contribution in [1.82, 2.24) is 9.80 Å². The molecule has 0 aromatic heterocycles. The highest BCUT2D eigenvalue weighted by Crippen LogP contribution is 2.34. The predicted molar refractivity (Wildman–Crippen MR) is 190 cm³/mol. The van der Waals surface area contributed by atoms with E-state index in [1.165, 1.54) is 29.2 Å². The highest BCUT2D eigenvalue weighted by atomic mass is 19.1. The third-order valence-electron chi connectivity index (χ3n) is 8.84. The van der Waals surface area contributed by atoms with Crippen molar-refractivity contribution in [2.45, 2.75) is 58.3 Å². The number of halogens is 1. The summed E-state index contributed by atoms with van der Waals surface area (Å²) < 4.78 is 36.8. The van der Waals surface area contributed by atoms with Crippen LogP contribution < -0.4 is 30.2 Å². The zero-order valence-electron chi connectivity index (χ0n) is 29.3. The summed E-state index contributed by atoms with van der Waals surface area (Å²) in [4.78, 5) is 43.5. The number of anilines is 3. The van der Waals surface area contributed by atoms with Crippen molar-refractivity contribution >= 4 is 35.0 Å². The largest absolute Gasteiger partial charge is 0.490 e. The van der Waals surface area contributed by atoms with Gasteiger partial charge in [-0.05, 0) is 87.7 Å². The number of urea groups is 2. The van der Waals surface area contributed by atoms with Crippen molar-refractivity contribution in [2.75, 3.05) is 56.1 Å². The van der Waals surface area contributed by atoms with E-state index >= 15 is 0 Å². The second-order valence-corrected chi connectivity index (χ2v) is 13.0. The van der Waals surface area contributed by atoms with Crippen LogP contribution in [0.4, 0.5) is 31.0 Å². The Balaban J connectivity index is 1.34. The minimum absolute atomic E-state index is 0.129. The number of aliphatic hydroxyl groups excluding tert-OH is 1. The van der Waals surface area contributed by atoms with Gasteiger partial charge in [0.25, 0.3) is 5.91 Å². The quantitative estimate of drug-likeness (QED) is 0.228. The van der Waals surface area contributed by atoms with Gasteiger partial charge < -0.3 is 49.8 Å². The fourth-order valence-corrected chi connectivity index (χ4v) is 5.84. The number of amides is 5. The van der Waals surface area contributed by atoms with E-state index in [4.69, 9.17) is 18.9 Å².